The van der Waals surface area contributed by atoms with Crippen LogP contribution in [0.4, 0.5) is 5.69 Å². The summed E-state index contributed by atoms with van der Waals surface area (Å²) in [5, 5.41) is 0.805. The number of benzene rings is 2. The number of thiazole rings is 1. The molecule has 0 aliphatic heterocycles. The van der Waals surface area contributed by atoms with Crippen LogP contribution < -0.4 is 4.72 Å². The first-order valence-electron chi connectivity index (χ1n) is 8.34. The van der Waals surface area contributed by atoms with Crippen LogP contribution in [0.5, 0.6) is 0 Å². The molecule has 0 unspecified atom stereocenters. The van der Waals surface area contributed by atoms with E-state index in [4.69, 9.17) is 0 Å². The van der Waals surface area contributed by atoms with Gasteiger partial charge in [0.1, 0.15) is 15.4 Å². The van der Waals surface area contributed by atoms with Crippen LogP contribution in [0.25, 0.3) is 20.9 Å². The first-order chi connectivity index (χ1) is 12.9. The molecular formula is C20H17N3O2S2. The minimum absolute atomic E-state index is 0.238. The van der Waals surface area contributed by atoms with Crippen LogP contribution in [0, 0.1) is 13.8 Å². The highest BCUT2D eigenvalue weighted by molar-refractivity contribution is 7.92. The molecule has 0 aliphatic carbocycles. The summed E-state index contributed by atoms with van der Waals surface area (Å²) >= 11 is 1.48. The van der Waals surface area contributed by atoms with Crippen LogP contribution in [-0.2, 0) is 10.0 Å². The third-order valence-corrected chi connectivity index (χ3v) is 6.64. The summed E-state index contributed by atoms with van der Waals surface area (Å²) in [7, 11) is -3.66. The molecule has 0 spiro atoms. The van der Waals surface area contributed by atoms with Crippen LogP contribution >= 0.6 is 11.3 Å². The molecule has 2 aromatic heterocycles. The molecule has 7 heteroatoms. The molecule has 4 aromatic rings. The molecule has 0 bridgehead atoms. The summed E-state index contributed by atoms with van der Waals surface area (Å²) in [6, 6.07) is 16.2. The van der Waals surface area contributed by atoms with Crippen LogP contribution in [0.15, 0.2) is 65.7 Å². The molecule has 0 amide bonds. The Morgan fingerprint density at radius 3 is 2.52 bits per heavy atom. The van der Waals surface area contributed by atoms with E-state index in [1.807, 2.05) is 44.2 Å². The summed E-state index contributed by atoms with van der Waals surface area (Å²) < 4.78 is 28.1. The highest BCUT2D eigenvalue weighted by Gasteiger charge is 2.16. The normalized spacial score (nSPS) is 11.6. The topological polar surface area (TPSA) is 72.0 Å². The maximum atomic E-state index is 12.7. The summed E-state index contributed by atoms with van der Waals surface area (Å²) in [5.41, 5.74) is 4.08. The van der Waals surface area contributed by atoms with Crippen molar-refractivity contribution in [3.05, 3.63) is 71.9 Å². The van der Waals surface area contributed by atoms with Crippen LogP contribution in [0.1, 0.15) is 11.1 Å². The monoisotopic (exact) mass is 395 g/mol. The first-order valence-corrected chi connectivity index (χ1v) is 10.6. The molecule has 0 atom stereocenters. The second-order valence-corrected chi connectivity index (χ2v) is 8.95. The quantitative estimate of drug-likeness (QED) is 0.540. The number of rotatable bonds is 4. The van der Waals surface area contributed by atoms with Crippen molar-refractivity contribution in [2.24, 2.45) is 0 Å². The third kappa shape index (κ3) is 3.56. The van der Waals surface area contributed by atoms with E-state index in [1.165, 1.54) is 11.3 Å². The SMILES string of the molecule is Cc1ccc(S(=O)(=O)Nc2cc(-c3nc4cccnc4s3)ccc2C)cc1. The van der Waals surface area contributed by atoms with Gasteiger partial charge in [-0.25, -0.2) is 18.4 Å². The van der Waals surface area contributed by atoms with Crippen molar-refractivity contribution in [1.82, 2.24) is 9.97 Å². The van der Waals surface area contributed by atoms with Crippen molar-refractivity contribution in [3.8, 4) is 10.6 Å². The van der Waals surface area contributed by atoms with E-state index in [0.717, 1.165) is 32.0 Å². The van der Waals surface area contributed by atoms with Gasteiger partial charge in [-0.3, -0.25) is 4.72 Å². The van der Waals surface area contributed by atoms with Gasteiger partial charge in [-0.2, -0.15) is 0 Å². The average Bonchev–Trinajstić information content (AvgIpc) is 3.08. The van der Waals surface area contributed by atoms with Gasteiger partial charge in [0.25, 0.3) is 10.0 Å². The molecule has 0 aliphatic rings. The molecule has 0 saturated carbocycles. The van der Waals surface area contributed by atoms with E-state index in [1.54, 1.807) is 30.5 Å². The molecule has 4 rings (SSSR count). The smallest absolute Gasteiger partial charge is 0.261 e. The lowest BCUT2D eigenvalue weighted by atomic mass is 10.1. The Balaban J connectivity index is 1.71. The van der Waals surface area contributed by atoms with Gasteiger partial charge in [0.05, 0.1) is 10.6 Å². The molecular weight excluding hydrogens is 378 g/mol. The van der Waals surface area contributed by atoms with Crippen molar-refractivity contribution in [1.29, 1.82) is 0 Å². The predicted octanol–water partition coefficient (Wildman–Crippen LogP) is 4.78. The Bertz CT molecular complexity index is 1200. The number of sulfonamides is 1. The number of anilines is 1. The Morgan fingerprint density at radius 2 is 1.78 bits per heavy atom. The zero-order chi connectivity index (χ0) is 19.0. The predicted molar refractivity (Wildman–Crippen MR) is 110 cm³/mol. The van der Waals surface area contributed by atoms with E-state index in [2.05, 4.69) is 14.7 Å². The molecule has 27 heavy (non-hydrogen) atoms. The molecule has 2 aromatic carbocycles. The number of aryl methyl sites for hydroxylation is 2. The molecule has 136 valence electrons. The third-order valence-electron chi connectivity index (χ3n) is 4.23. The largest absolute Gasteiger partial charge is 0.279 e. The number of fused-ring (bicyclic) bond motifs is 1. The van der Waals surface area contributed by atoms with E-state index in [-0.39, 0.29) is 4.90 Å². The van der Waals surface area contributed by atoms with Gasteiger partial charge in [0, 0.05) is 11.8 Å². The zero-order valence-corrected chi connectivity index (χ0v) is 16.4. The minimum atomic E-state index is -3.66. The van der Waals surface area contributed by atoms with Crippen LogP contribution in [-0.4, -0.2) is 18.4 Å². The van der Waals surface area contributed by atoms with Gasteiger partial charge in [-0.1, -0.05) is 41.2 Å². The van der Waals surface area contributed by atoms with Gasteiger partial charge in [-0.05, 0) is 49.7 Å². The van der Waals surface area contributed by atoms with E-state index < -0.39 is 10.0 Å². The van der Waals surface area contributed by atoms with Gasteiger partial charge in [0.2, 0.25) is 0 Å². The molecule has 0 radical (unpaired) electrons. The second kappa shape index (κ2) is 6.75. The Morgan fingerprint density at radius 1 is 1.00 bits per heavy atom. The lowest BCUT2D eigenvalue weighted by Crippen LogP contribution is -2.13. The summed E-state index contributed by atoms with van der Waals surface area (Å²) in [4.78, 5) is 10.0. The van der Waals surface area contributed by atoms with Crippen molar-refractivity contribution >= 4 is 37.4 Å². The van der Waals surface area contributed by atoms with Crippen molar-refractivity contribution < 1.29 is 8.42 Å². The molecule has 5 nitrogen and oxygen atoms in total. The maximum absolute atomic E-state index is 12.7. The number of hydrogen-bond acceptors (Lipinski definition) is 5. The summed E-state index contributed by atoms with van der Waals surface area (Å²) in [6.45, 7) is 3.79. The first kappa shape index (κ1) is 17.6. The Kier molecular flexibility index (Phi) is 4.41. The standard InChI is InChI=1S/C20H17N3O2S2/c1-13-5-9-16(10-6-13)27(24,25)23-18-12-15(8-7-14(18)2)19-22-17-4-3-11-21-20(17)26-19/h3-12,23H,1-2H3. The summed E-state index contributed by atoms with van der Waals surface area (Å²) in [5.74, 6) is 0. The van der Waals surface area contributed by atoms with Crippen LogP contribution in [0.3, 0.4) is 0 Å². The summed E-state index contributed by atoms with van der Waals surface area (Å²) in [6.07, 6.45) is 1.74. The number of hydrogen-bond donors (Lipinski definition) is 1. The number of nitrogens with one attached hydrogen (secondary N) is 1. The number of nitrogens with zero attached hydrogens (tertiary/aromatic N) is 2. The Labute approximate surface area is 161 Å². The minimum Gasteiger partial charge on any atom is -0.279 e. The highest BCUT2D eigenvalue weighted by atomic mass is 32.2. The maximum Gasteiger partial charge on any atom is 0.261 e. The lowest BCUT2D eigenvalue weighted by molar-refractivity contribution is 0.601. The van der Waals surface area contributed by atoms with E-state index in [0.29, 0.717) is 5.69 Å². The van der Waals surface area contributed by atoms with Gasteiger partial charge >= 0.3 is 0 Å². The molecule has 0 saturated heterocycles. The van der Waals surface area contributed by atoms with Gasteiger partial charge in [0.15, 0.2) is 0 Å². The molecule has 0 fully saturated rings. The fourth-order valence-corrected chi connectivity index (χ4v) is 4.70. The fraction of sp³-hybridized carbons (Fsp3) is 0.100. The number of aromatic nitrogens is 2. The highest BCUT2D eigenvalue weighted by Crippen LogP contribution is 2.32. The Hall–Kier alpha value is -2.77. The van der Waals surface area contributed by atoms with Gasteiger partial charge in [-0.15, -0.1) is 0 Å². The van der Waals surface area contributed by atoms with E-state index >= 15 is 0 Å². The average molecular weight is 396 g/mol. The van der Waals surface area contributed by atoms with Gasteiger partial charge < -0.3 is 0 Å². The molecule has 1 N–H and O–H groups in total. The van der Waals surface area contributed by atoms with Crippen LogP contribution in [0.2, 0.25) is 0 Å². The second-order valence-electron chi connectivity index (χ2n) is 6.29. The molecule has 2 heterocycles. The van der Waals surface area contributed by atoms with Crippen molar-refractivity contribution in [3.63, 3.8) is 0 Å². The van der Waals surface area contributed by atoms with Crippen molar-refractivity contribution in [2.45, 2.75) is 18.7 Å². The lowest BCUT2D eigenvalue weighted by Gasteiger charge is -2.12. The van der Waals surface area contributed by atoms with Crippen molar-refractivity contribution in [2.75, 3.05) is 4.72 Å². The fourth-order valence-electron chi connectivity index (χ4n) is 2.68. The van der Waals surface area contributed by atoms with E-state index in [9.17, 15) is 8.42 Å². The number of pyridine rings is 1. The zero-order valence-electron chi connectivity index (χ0n) is 14.8.